The van der Waals surface area contributed by atoms with Crippen molar-refractivity contribution in [1.29, 1.82) is 5.26 Å². The average molecular weight is 370 g/mol. The van der Waals surface area contributed by atoms with Gasteiger partial charge in [0.05, 0.1) is 11.3 Å². The molecule has 0 fully saturated rings. The number of nitrogen functional groups attached to an aromatic ring is 1. The van der Waals surface area contributed by atoms with Crippen LogP contribution in [0, 0.1) is 17.1 Å². The van der Waals surface area contributed by atoms with Crippen molar-refractivity contribution < 1.29 is 12.8 Å². The van der Waals surface area contributed by atoms with Crippen LogP contribution in [0.5, 0.6) is 0 Å². The van der Waals surface area contributed by atoms with Gasteiger partial charge in [-0.05, 0) is 36.4 Å². The van der Waals surface area contributed by atoms with E-state index in [1.54, 1.807) is 6.07 Å². The molecule has 2 aromatic carbocycles. The topological polar surface area (TPSA) is 96.0 Å². The van der Waals surface area contributed by atoms with E-state index in [-0.39, 0.29) is 21.8 Å². The Balaban J connectivity index is 2.49. The van der Waals surface area contributed by atoms with Crippen molar-refractivity contribution in [2.75, 3.05) is 10.5 Å². The number of benzene rings is 2. The van der Waals surface area contributed by atoms with Gasteiger partial charge in [0.25, 0.3) is 10.0 Å². The second-order valence-electron chi connectivity index (χ2n) is 4.10. The zero-order valence-corrected chi connectivity index (χ0v) is 12.9. The van der Waals surface area contributed by atoms with Gasteiger partial charge in [-0.25, -0.2) is 12.8 Å². The van der Waals surface area contributed by atoms with Crippen molar-refractivity contribution in [2.45, 2.75) is 4.90 Å². The van der Waals surface area contributed by atoms with Gasteiger partial charge in [0, 0.05) is 10.2 Å². The molecule has 2 aromatic rings. The summed E-state index contributed by atoms with van der Waals surface area (Å²) >= 11 is 3.13. The highest BCUT2D eigenvalue weighted by molar-refractivity contribution is 9.10. The van der Waals surface area contributed by atoms with Crippen molar-refractivity contribution in [3.63, 3.8) is 0 Å². The third-order valence-electron chi connectivity index (χ3n) is 2.59. The molecule has 108 valence electrons. The molecule has 0 saturated carbocycles. The van der Waals surface area contributed by atoms with Crippen LogP contribution in [-0.4, -0.2) is 8.42 Å². The fourth-order valence-corrected chi connectivity index (χ4v) is 3.20. The fourth-order valence-electron chi connectivity index (χ4n) is 1.64. The van der Waals surface area contributed by atoms with Gasteiger partial charge in [0.15, 0.2) is 0 Å². The minimum Gasteiger partial charge on any atom is -0.399 e. The SMILES string of the molecule is N#Cc1cc(N)ccc1S(=O)(=O)Nc1cc(Br)ccc1F. The number of sulfonamides is 1. The highest BCUT2D eigenvalue weighted by Crippen LogP contribution is 2.25. The van der Waals surface area contributed by atoms with Crippen LogP contribution in [0.3, 0.4) is 0 Å². The first-order valence-electron chi connectivity index (χ1n) is 5.61. The van der Waals surface area contributed by atoms with E-state index in [2.05, 4.69) is 20.7 Å². The van der Waals surface area contributed by atoms with Gasteiger partial charge in [-0.15, -0.1) is 0 Å². The molecule has 0 atom stereocenters. The van der Waals surface area contributed by atoms with E-state index >= 15 is 0 Å². The van der Waals surface area contributed by atoms with Crippen molar-refractivity contribution in [1.82, 2.24) is 0 Å². The van der Waals surface area contributed by atoms with E-state index in [9.17, 15) is 12.8 Å². The molecule has 0 aliphatic carbocycles. The number of anilines is 2. The van der Waals surface area contributed by atoms with Crippen LogP contribution in [0.15, 0.2) is 45.8 Å². The van der Waals surface area contributed by atoms with Crippen LogP contribution in [0.2, 0.25) is 0 Å². The lowest BCUT2D eigenvalue weighted by molar-refractivity contribution is 0.598. The Bertz CT molecular complexity index is 847. The number of hydrogen-bond donors (Lipinski definition) is 2. The molecule has 0 aliphatic rings. The molecule has 0 aromatic heterocycles. The van der Waals surface area contributed by atoms with Gasteiger partial charge >= 0.3 is 0 Å². The number of nitriles is 1. The highest BCUT2D eigenvalue weighted by Gasteiger charge is 2.20. The summed E-state index contributed by atoms with van der Waals surface area (Å²) in [6.07, 6.45) is 0. The zero-order valence-electron chi connectivity index (χ0n) is 10.5. The van der Waals surface area contributed by atoms with Gasteiger partial charge < -0.3 is 5.73 Å². The second kappa shape index (κ2) is 5.71. The minimum atomic E-state index is -4.10. The lowest BCUT2D eigenvalue weighted by Gasteiger charge is -2.10. The molecule has 8 heteroatoms. The van der Waals surface area contributed by atoms with Crippen LogP contribution in [0.1, 0.15) is 5.56 Å². The third-order valence-corrected chi connectivity index (χ3v) is 4.50. The van der Waals surface area contributed by atoms with E-state index in [0.29, 0.717) is 4.47 Å². The van der Waals surface area contributed by atoms with E-state index in [4.69, 9.17) is 11.0 Å². The van der Waals surface area contributed by atoms with Gasteiger partial charge in [0.2, 0.25) is 0 Å². The second-order valence-corrected chi connectivity index (χ2v) is 6.66. The summed E-state index contributed by atoms with van der Waals surface area (Å²) in [5, 5.41) is 8.99. The molecule has 3 N–H and O–H groups in total. The van der Waals surface area contributed by atoms with Crippen molar-refractivity contribution >= 4 is 37.3 Å². The molecule has 0 bridgehead atoms. The standard InChI is InChI=1S/C13H9BrFN3O2S/c14-9-1-3-11(15)12(6-9)18-21(19,20)13-4-2-10(17)5-8(13)7-16/h1-6,18H,17H2. The number of nitrogens with one attached hydrogen (secondary N) is 1. The van der Waals surface area contributed by atoms with E-state index in [0.717, 1.165) is 6.07 Å². The Labute approximate surface area is 129 Å². The maximum atomic E-state index is 13.6. The zero-order chi connectivity index (χ0) is 15.6. The number of nitrogens with two attached hydrogens (primary N) is 1. The molecular formula is C13H9BrFN3O2S. The summed E-state index contributed by atoms with van der Waals surface area (Å²) in [7, 11) is -4.10. The van der Waals surface area contributed by atoms with Gasteiger partial charge in [0.1, 0.15) is 16.8 Å². The maximum absolute atomic E-state index is 13.6. The normalized spacial score (nSPS) is 10.9. The Hall–Kier alpha value is -2.11. The Morgan fingerprint density at radius 3 is 2.62 bits per heavy atom. The summed E-state index contributed by atoms with van der Waals surface area (Å²) in [5.41, 5.74) is 5.44. The van der Waals surface area contributed by atoms with Crippen LogP contribution < -0.4 is 10.5 Å². The lowest BCUT2D eigenvalue weighted by atomic mass is 10.2. The van der Waals surface area contributed by atoms with Crippen molar-refractivity contribution in [3.8, 4) is 6.07 Å². The summed E-state index contributed by atoms with van der Waals surface area (Å²) in [4.78, 5) is -0.265. The number of hydrogen-bond acceptors (Lipinski definition) is 4. The number of halogens is 2. The number of rotatable bonds is 3. The largest absolute Gasteiger partial charge is 0.399 e. The Kier molecular flexibility index (Phi) is 4.16. The predicted octanol–water partition coefficient (Wildman–Crippen LogP) is 2.84. The monoisotopic (exact) mass is 369 g/mol. The highest BCUT2D eigenvalue weighted by atomic mass is 79.9. The maximum Gasteiger partial charge on any atom is 0.263 e. The van der Waals surface area contributed by atoms with Gasteiger partial charge in [-0.2, -0.15) is 5.26 Å². The molecule has 0 saturated heterocycles. The minimum absolute atomic E-state index is 0.113. The first kappa shape index (κ1) is 15.3. The van der Waals surface area contributed by atoms with Crippen LogP contribution >= 0.6 is 15.9 Å². The molecule has 21 heavy (non-hydrogen) atoms. The lowest BCUT2D eigenvalue weighted by Crippen LogP contribution is -2.15. The first-order chi connectivity index (χ1) is 9.83. The van der Waals surface area contributed by atoms with Crippen LogP contribution in [-0.2, 0) is 10.0 Å². The van der Waals surface area contributed by atoms with Crippen molar-refractivity contribution in [2.24, 2.45) is 0 Å². The van der Waals surface area contributed by atoms with Crippen LogP contribution in [0.4, 0.5) is 15.8 Å². The third kappa shape index (κ3) is 3.32. The molecule has 0 heterocycles. The first-order valence-corrected chi connectivity index (χ1v) is 7.88. The fraction of sp³-hybridized carbons (Fsp3) is 0. The molecule has 0 amide bonds. The molecular weight excluding hydrogens is 361 g/mol. The summed E-state index contributed by atoms with van der Waals surface area (Å²) < 4.78 is 40.8. The van der Waals surface area contributed by atoms with E-state index < -0.39 is 15.8 Å². The molecule has 0 unspecified atom stereocenters. The summed E-state index contributed by atoms with van der Waals surface area (Å²) in [6, 6.07) is 9.40. The predicted molar refractivity (Wildman–Crippen MR) is 80.5 cm³/mol. The Morgan fingerprint density at radius 2 is 1.95 bits per heavy atom. The summed E-state index contributed by atoms with van der Waals surface area (Å²) in [6.45, 7) is 0. The summed E-state index contributed by atoms with van der Waals surface area (Å²) in [5.74, 6) is -0.726. The quantitative estimate of drug-likeness (QED) is 0.812. The van der Waals surface area contributed by atoms with Gasteiger partial charge in [-0.1, -0.05) is 15.9 Å². The molecule has 0 aliphatic heterocycles. The molecule has 5 nitrogen and oxygen atoms in total. The molecule has 2 rings (SSSR count). The average Bonchev–Trinajstić information content (AvgIpc) is 2.42. The molecule has 0 radical (unpaired) electrons. The van der Waals surface area contributed by atoms with Crippen molar-refractivity contribution in [3.05, 3.63) is 52.3 Å². The van der Waals surface area contributed by atoms with Gasteiger partial charge in [-0.3, -0.25) is 4.72 Å². The number of nitrogens with zero attached hydrogens (tertiary/aromatic N) is 1. The van der Waals surface area contributed by atoms with E-state index in [1.807, 2.05) is 0 Å². The smallest absolute Gasteiger partial charge is 0.263 e. The van der Waals surface area contributed by atoms with E-state index in [1.165, 1.54) is 30.3 Å². The van der Waals surface area contributed by atoms with Crippen LogP contribution in [0.25, 0.3) is 0 Å². The Morgan fingerprint density at radius 1 is 1.24 bits per heavy atom. The molecule has 0 spiro atoms.